The minimum absolute atomic E-state index is 0.310. The van der Waals surface area contributed by atoms with Gasteiger partial charge in [0.15, 0.2) is 0 Å². The number of fused-ring (bicyclic) bond motifs is 6. The molecule has 156 valence electrons. The minimum atomic E-state index is -0.866. The summed E-state index contributed by atoms with van der Waals surface area (Å²) < 4.78 is 162. The highest BCUT2D eigenvalue weighted by molar-refractivity contribution is 6.35. The first-order chi connectivity index (χ1) is 23.8. The Morgan fingerprint density at radius 1 is 0.606 bits per heavy atom. The quantitative estimate of drug-likeness (QED) is 0.251. The number of para-hydroxylation sites is 4. The number of furan rings is 1. The summed E-state index contributed by atoms with van der Waals surface area (Å²) in [4.78, 5) is 0. The summed E-state index contributed by atoms with van der Waals surface area (Å²) in [5.74, 6) is 0. The summed E-state index contributed by atoms with van der Waals surface area (Å²) in [5.41, 5.74) is -3.58. The average molecular weight is 462 g/mol. The molecule has 0 aliphatic heterocycles. The number of benzene rings is 5. The molecular formula is C30H18ClNO. The van der Waals surface area contributed by atoms with Crippen molar-refractivity contribution in [2.75, 3.05) is 0 Å². The zero-order valence-corrected chi connectivity index (χ0v) is 17.0. The molecule has 0 fully saturated rings. The second-order valence-corrected chi connectivity index (χ2v) is 7.33. The molecule has 0 bridgehead atoms. The predicted molar refractivity (Wildman–Crippen MR) is 139 cm³/mol. The number of hydrogen-bond donors (Lipinski definition) is 0. The second kappa shape index (κ2) is 6.99. The maximum absolute atomic E-state index is 9.13. The average Bonchev–Trinajstić information content (AvgIpc) is 3.67. The van der Waals surface area contributed by atoms with Gasteiger partial charge in [-0.15, -0.1) is 0 Å². The normalized spacial score (nSPS) is 19.4. The fourth-order valence-corrected chi connectivity index (χ4v) is 4.14. The molecule has 3 heteroatoms. The minimum Gasteiger partial charge on any atom is -0.455 e. The van der Waals surface area contributed by atoms with Crippen LogP contribution in [0.3, 0.4) is 0 Å². The van der Waals surface area contributed by atoms with Gasteiger partial charge >= 0.3 is 0 Å². The van der Waals surface area contributed by atoms with Crippen LogP contribution in [0, 0.1) is 0 Å². The zero-order valence-electron chi connectivity index (χ0n) is 34.2. The number of hydrogen-bond acceptors (Lipinski definition) is 1. The van der Waals surface area contributed by atoms with E-state index in [9.17, 15) is 0 Å². The van der Waals surface area contributed by atoms with Crippen molar-refractivity contribution in [2.24, 2.45) is 0 Å². The molecular weight excluding hydrogens is 426 g/mol. The molecule has 0 atom stereocenters. The number of halogens is 1. The van der Waals surface area contributed by atoms with Crippen LogP contribution in [0.2, 0.25) is 5.02 Å². The van der Waals surface area contributed by atoms with Gasteiger partial charge in [-0.3, -0.25) is 0 Å². The third-order valence-corrected chi connectivity index (χ3v) is 5.54. The Balaban J connectivity index is 1.85. The van der Waals surface area contributed by atoms with Gasteiger partial charge in [-0.05, 0) is 36.3 Å². The third-order valence-electron chi connectivity index (χ3n) is 5.25. The highest BCUT2D eigenvalue weighted by atomic mass is 35.5. The maximum Gasteiger partial charge on any atom is 0.144 e. The van der Waals surface area contributed by atoms with Crippen molar-refractivity contribution >= 4 is 55.3 Å². The molecule has 0 aliphatic carbocycles. The van der Waals surface area contributed by atoms with E-state index < -0.39 is 153 Å². The van der Waals surface area contributed by atoms with Crippen molar-refractivity contribution in [3.05, 3.63) is 114 Å². The Labute approximate surface area is 220 Å². The molecule has 2 aromatic heterocycles. The molecule has 0 saturated heterocycles. The molecule has 0 spiro atoms. The van der Waals surface area contributed by atoms with E-state index in [1.165, 1.54) is 0 Å². The molecule has 2 heterocycles. The summed E-state index contributed by atoms with van der Waals surface area (Å²) in [7, 11) is 0. The first-order valence-electron chi connectivity index (χ1n) is 18.5. The Morgan fingerprint density at radius 2 is 1.21 bits per heavy atom. The van der Waals surface area contributed by atoms with Crippen molar-refractivity contribution in [3.8, 4) is 16.8 Å². The first kappa shape index (κ1) is 8.09. The van der Waals surface area contributed by atoms with Crippen molar-refractivity contribution in [1.29, 1.82) is 0 Å². The van der Waals surface area contributed by atoms with Crippen LogP contribution < -0.4 is 0 Å². The summed E-state index contributed by atoms with van der Waals surface area (Å²) in [6, 6.07) is -13.4. The van der Waals surface area contributed by atoms with Gasteiger partial charge < -0.3 is 8.98 Å². The van der Waals surface area contributed by atoms with Gasteiger partial charge in [0.25, 0.3) is 0 Å². The van der Waals surface area contributed by atoms with Crippen LogP contribution >= 0.6 is 11.6 Å². The topological polar surface area (TPSA) is 18.1 Å². The lowest BCUT2D eigenvalue weighted by Crippen LogP contribution is -1.97. The number of nitrogens with zero attached hydrogens (tertiary/aromatic N) is 1. The highest BCUT2D eigenvalue weighted by Crippen LogP contribution is 2.43. The van der Waals surface area contributed by atoms with Crippen molar-refractivity contribution in [2.45, 2.75) is 0 Å². The van der Waals surface area contributed by atoms with Crippen LogP contribution in [-0.2, 0) is 0 Å². The molecule has 0 saturated carbocycles. The van der Waals surface area contributed by atoms with E-state index in [1.807, 2.05) is 0 Å². The van der Waals surface area contributed by atoms with Crippen LogP contribution in [-0.4, -0.2) is 4.57 Å². The molecule has 5 aromatic carbocycles. The van der Waals surface area contributed by atoms with Crippen molar-refractivity contribution in [3.63, 3.8) is 0 Å². The van der Waals surface area contributed by atoms with E-state index >= 15 is 0 Å². The van der Waals surface area contributed by atoms with Crippen molar-refractivity contribution in [1.82, 2.24) is 4.57 Å². The van der Waals surface area contributed by atoms with Gasteiger partial charge in [0.2, 0.25) is 0 Å². The van der Waals surface area contributed by atoms with E-state index in [0.29, 0.717) is 0 Å². The largest absolute Gasteiger partial charge is 0.455 e. The molecule has 7 aromatic rings. The van der Waals surface area contributed by atoms with E-state index in [-0.39, 0.29) is 21.5 Å². The Hall–Kier alpha value is -4.01. The molecule has 33 heavy (non-hydrogen) atoms. The zero-order chi connectivity index (χ0) is 37.6. The molecule has 0 amide bonds. The molecule has 0 N–H and O–H groups in total. The summed E-state index contributed by atoms with van der Waals surface area (Å²) in [6.07, 6.45) is 0. The maximum atomic E-state index is 9.13. The lowest BCUT2D eigenvalue weighted by Gasteiger charge is -2.15. The first-order valence-corrected chi connectivity index (χ1v) is 9.90. The van der Waals surface area contributed by atoms with Gasteiger partial charge in [-0.2, -0.15) is 0 Å². The highest BCUT2D eigenvalue weighted by Gasteiger charge is 2.20. The molecule has 0 aliphatic rings. The monoisotopic (exact) mass is 461 g/mol. The predicted octanol–water partition coefficient (Wildman–Crippen LogP) is 9.00. The van der Waals surface area contributed by atoms with Crippen LogP contribution in [0.4, 0.5) is 0 Å². The van der Waals surface area contributed by atoms with Crippen LogP contribution in [0.5, 0.6) is 0 Å². The Morgan fingerprint density at radius 3 is 1.97 bits per heavy atom. The summed E-state index contributed by atoms with van der Waals surface area (Å²) in [5, 5.41) is -2.03. The van der Waals surface area contributed by atoms with Crippen LogP contribution in [0.25, 0.3) is 60.6 Å². The second-order valence-electron chi connectivity index (χ2n) is 6.96. The number of rotatable bonds is 2. The van der Waals surface area contributed by atoms with Gasteiger partial charge in [-0.1, -0.05) is 84.1 Å². The van der Waals surface area contributed by atoms with Crippen LogP contribution in [0.1, 0.15) is 24.7 Å². The summed E-state index contributed by atoms with van der Waals surface area (Å²) in [6.45, 7) is 0. The molecule has 0 radical (unpaired) electrons. The van der Waals surface area contributed by atoms with E-state index in [4.69, 9.17) is 40.7 Å². The SMILES string of the molecule is [2H]c1c([2H])c([2H])c(-n2c3c([2H])c([2H])c([2H])c([2H])c3c3c([2H])c([2H])c([2H])c([2H])c32)c(-c2c(Cl)c([2H])c([2H])c3c2oc2c([2H])c([2H])c([2H])c([2H])c23)c1[2H]. The standard InChI is InChI=1S/C30H18ClNO/c31-24-18-17-22-21-11-4-8-16-28(21)33-30(22)29(24)23-12-3-7-15-27(23)32-25-13-5-1-9-19(25)20-10-2-6-14-26(20)32/h1-18H/i1D,2D,3D,4D,5D,6D,7D,8D,9D,10D,11D,12D,13D,14D,15D,16D,17D,18D. The lowest BCUT2D eigenvalue weighted by molar-refractivity contribution is 0.670. The van der Waals surface area contributed by atoms with E-state index in [2.05, 4.69) is 0 Å². The number of aromatic nitrogens is 1. The smallest absolute Gasteiger partial charge is 0.144 e. The van der Waals surface area contributed by atoms with E-state index in [1.54, 1.807) is 0 Å². The fourth-order valence-electron chi connectivity index (χ4n) is 3.92. The van der Waals surface area contributed by atoms with Gasteiger partial charge in [0.05, 0.1) is 46.4 Å². The Kier molecular flexibility index (Phi) is 1.71. The molecule has 2 nitrogen and oxygen atoms in total. The van der Waals surface area contributed by atoms with E-state index in [0.717, 1.165) is 4.57 Å². The third kappa shape index (κ3) is 2.62. The summed E-state index contributed by atoms with van der Waals surface area (Å²) >= 11 is 6.73. The van der Waals surface area contributed by atoms with Crippen molar-refractivity contribution < 1.29 is 29.1 Å². The van der Waals surface area contributed by atoms with Gasteiger partial charge in [-0.25, -0.2) is 0 Å². The van der Waals surface area contributed by atoms with Gasteiger partial charge in [0.1, 0.15) is 11.2 Å². The fraction of sp³-hybridized carbons (Fsp3) is 0. The van der Waals surface area contributed by atoms with Crippen LogP contribution in [0.15, 0.2) is 113 Å². The molecule has 0 unspecified atom stereocenters. The molecule has 7 rings (SSSR count). The van der Waals surface area contributed by atoms with Gasteiger partial charge in [0, 0.05) is 32.7 Å². The lowest BCUT2D eigenvalue weighted by atomic mass is 10.00. The Bertz CT molecular complexity index is 2730.